The zero-order valence-electron chi connectivity index (χ0n) is 24.3. The number of nitrogens with one attached hydrogen (secondary N) is 1. The summed E-state index contributed by atoms with van der Waals surface area (Å²) in [5, 5.41) is 2.69. The lowest BCUT2D eigenvalue weighted by molar-refractivity contribution is -0.139. The van der Waals surface area contributed by atoms with Crippen molar-refractivity contribution in [1.29, 1.82) is 0 Å². The van der Waals surface area contributed by atoms with Crippen LogP contribution in [0, 0.1) is 0 Å². The molecule has 0 saturated heterocycles. The summed E-state index contributed by atoms with van der Waals surface area (Å²) in [4.78, 5) is 29.2. The van der Waals surface area contributed by atoms with Crippen molar-refractivity contribution in [3.63, 3.8) is 0 Å². The Morgan fingerprint density at radius 2 is 1.50 bits per heavy atom. The molecule has 4 aromatic rings. The van der Waals surface area contributed by atoms with Crippen molar-refractivity contribution in [2.24, 2.45) is 0 Å². The molecule has 0 spiro atoms. The molecule has 8 nitrogen and oxygen atoms in total. The summed E-state index contributed by atoms with van der Waals surface area (Å²) in [5.74, 6) is -0.327. The molecular weight excluding hydrogens is 710 g/mol. The highest BCUT2D eigenvalue weighted by Crippen LogP contribution is 2.28. The zero-order valence-corrected chi connectivity index (χ0v) is 28.3. The van der Waals surface area contributed by atoms with E-state index in [2.05, 4.69) is 37.2 Å². The number of hydrogen-bond donors (Lipinski definition) is 1. The Balaban J connectivity index is 1.78. The number of halogens is 2. The van der Waals surface area contributed by atoms with E-state index in [-0.39, 0.29) is 29.5 Å². The third-order valence-electron chi connectivity index (χ3n) is 6.88. The second kappa shape index (κ2) is 15.4. The lowest BCUT2D eigenvalue weighted by Gasteiger charge is -2.33. The Kier molecular flexibility index (Phi) is 11.6. The van der Waals surface area contributed by atoms with Gasteiger partial charge in [0.2, 0.25) is 11.8 Å². The van der Waals surface area contributed by atoms with Crippen LogP contribution in [0.2, 0.25) is 0 Å². The average molecular weight is 744 g/mol. The number of benzene rings is 4. The van der Waals surface area contributed by atoms with Gasteiger partial charge in [-0.3, -0.25) is 13.9 Å². The van der Waals surface area contributed by atoms with Crippen LogP contribution in [-0.4, -0.2) is 51.4 Å². The average Bonchev–Trinajstić information content (AvgIpc) is 3.02. The monoisotopic (exact) mass is 741 g/mol. The van der Waals surface area contributed by atoms with Crippen molar-refractivity contribution in [3.05, 3.63) is 123 Å². The van der Waals surface area contributed by atoms with E-state index in [0.717, 1.165) is 24.4 Å². The second-order valence-corrected chi connectivity index (χ2v) is 13.6. The Bertz CT molecular complexity index is 1670. The second-order valence-electron chi connectivity index (χ2n) is 9.86. The molecule has 0 radical (unpaired) electrons. The Morgan fingerprint density at radius 3 is 2.11 bits per heavy atom. The minimum Gasteiger partial charge on any atom is -0.494 e. The molecule has 11 heteroatoms. The maximum absolute atomic E-state index is 14.4. The van der Waals surface area contributed by atoms with Gasteiger partial charge in [0.05, 0.1) is 17.2 Å². The lowest BCUT2D eigenvalue weighted by atomic mass is 10.0. The summed E-state index contributed by atoms with van der Waals surface area (Å²) in [7, 11) is -2.68. The number of rotatable bonds is 13. The number of hydrogen-bond acceptors (Lipinski definition) is 5. The molecular formula is C33H33Br2N3O5S. The van der Waals surface area contributed by atoms with Gasteiger partial charge in [-0.1, -0.05) is 74.3 Å². The van der Waals surface area contributed by atoms with Crippen LogP contribution in [0.25, 0.3) is 0 Å². The normalized spacial score (nSPS) is 11.8. The van der Waals surface area contributed by atoms with Gasteiger partial charge < -0.3 is 15.0 Å². The quantitative estimate of drug-likeness (QED) is 0.176. The number of sulfonamides is 1. The van der Waals surface area contributed by atoms with Crippen LogP contribution in [0.3, 0.4) is 0 Å². The molecule has 4 rings (SSSR count). The molecule has 44 heavy (non-hydrogen) atoms. The number of anilines is 1. The third-order valence-corrected chi connectivity index (χ3v) is 9.69. The molecule has 230 valence electrons. The highest BCUT2D eigenvalue weighted by Gasteiger charge is 2.34. The first-order chi connectivity index (χ1) is 21.1. The number of carbonyl (C=O) groups is 2. The fourth-order valence-corrected chi connectivity index (χ4v) is 6.82. The Morgan fingerprint density at radius 1 is 0.841 bits per heavy atom. The minimum absolute atomic E-state index is 0.0214. The summed E-state index contributed by atoms with van der Waals surface area (Å²) in [6.07, 6.45) is 0.239. The van der Waals surface area contributed by atoms with Crippen molar-refractivity contribution in [1.82, 2.24) is 10.2 Å². The number of ether oxygens (including phenoxy) is 1. The third kappa shape index (κ3) is 8.49. The number of carbonyl (C=O) groups excluding carboxylic acids is 2. The first-order valence-electron chi connectivity index (χ1n) is 13.9. The van der Waals surface area contributed by atoms with E-state index in [1.807, 2.05) is 61.5 Å². The van der Waals surface area contributed by atoms with E-state index >= 15 is 0 Å². The molecule has 4 aromatic carbocycles. The molecule has 2 amide bonds. The van der Waals surface area contributed by atoms with Gasteiger partial charge in [0, 0.05) is 29.0 Å². The van der Waals surface area contributed by atoms with Gasteiger partial charge >= 0.3 is 0 Å². The largest absolute Gasteiger partial charge is 0.494 e. The van der Waals surface area contributed by atoms with Gasteiger partial charge in [0.1, 0.15) is 18.3 Å². The summed E-state index contributed by atoms with van der Waals surface area (Å²) in [6.45, 7) is 1.85. The van der Waals surface area contributed by atoms with Crippen molar-refractivity contribution < 1.29 is 22.7 Å². The standard InChI is InChI=1S/C33H33Br2N3O5S/c1-3-43-29-16-14-28(15-17-29)38(44(41,42)30-18-12-26(34)13-19-30)23-32(39)37(22-25-10-7-11-27(35)20-25)31(33(40)36-2)21-24-8-5-4-6-9-24/h4-20,31H,3,21-23H2,1-2H3,(H,36,40). The highest BCUT2D eigenvalue weighted by molar-refractivity contribution is 9.10. The predicted molar refractivity (Wildman–Crippen MR) is 179 cm³/mol. The van der Waals surface area contributed by atoms with Crippen LogP contribution >= 0.6 is 31.9 Å². The Labute approximate surface area is 275 Å². The first-order valence-corrected chi connectivity index (χ1v) is 17.0. The minimum atomic E-state index is -4.20. The molecule has 0 fully saturated rings. The SMILES string of the molecule is CCOc1ccc(N(CC(=O)N(Cc2cccc(Br)c2)C(Cc2ccccc2)C(=O)NC)S(=O)(=O)c2ccc(Br)cc2)cc1. The maximum Gasteiger partial charge on any atom is 0.264 e. The molecule has 0 bridgehead atoms. The summed E-state index contributed by atoms with van der Waals surface area (Å²) in [6, 6.07) is 28.7. The van der Waals surface area contributed by atoms with Gasteiger partial charge in [-0.25, -0.2) is 8.42 Å². The topological polar surface area (TPSA) is 96.0 Å². The van der Waals surface area contributed by atoms with E-state index in [4.69, 9.17) is 4.74 Å². The maximum atomic E-state index is 14.4. The number of likely N-dealkylation sites (N-methyl/N-ethyl adjacent to an activating group) is 1. The highest BCUT2D eigenvalue weighted by atomic mass is 79.9. The van der Waals surface area contributed by atoms with Gasteiger partial charge in [-0.15, -0.1) is 0 Å². The van der Waals surface area contributed by atoms with Crippen molar-refractivity contribution in [2.45, 2.75) is 30.8 Å². The van der Waals surface area contributed by atoms with Gasteiger partial charge in [0.25, 0.3) is 10.0 Å². The van der Waals surface area contributed by atoms with E-state index < -0.39 is 28.5 Å². The summed E-state index contributed by atoms with van der Waals surface area (Å²) < 4.78 is 36.3. The van der Waals surface area contributed by atoms with E-state index in [9.17, 15) is 18.0 Å². The van der Waals surface area contributed by atoms with Gasteiger partial charge in [0.15, 0.2) is 0 Å². The van der Waals surface area contributed by atoms with E-state index in [1.54, 1.807) is 36.4 Å². The van der Waals surface area contributed by atoms with Crippen molar-refractivity contribution in [2.75, 3.05) is 24.5 Å². The van der Waals surface area contributed by atoms with Crippen LogP contribution in [0.5, 0.6) is 5.75 Å². The van der Waals surface area contributed by atoms with Crippen LogP contribution < -0.4 is 14.4 Å². The molecule has 0 aliphatic carbocycles. The Hall–Kier alpha value is -3.67. The van der Waals surface area contributed by atoms with Crippen molar-refractivity contribution >= 4 is 59.4 Å². The fraction of sp³-hybridized carbons (Fsp3) is 0.212. The van der Waals surface area contributed by atoms with Crippen molar-refractivity contribution in [3.8, 4) is 5.75 Å². The molecule has 0 aromatic heterocycles. The number of nitrogens with zero attached hydrogens (tertiary/aromatic N) is 2. The van der Waals surface area contributed by atoms with Gasteiger partial charge in [-0.2, -0.15) is 0 Å². The summed E-state index contributed by atoms with van der Waals surface area (Å²) >= 11 is 6.84. The molecule has 1 unspecified atom stereocenters. The van der Waals surface area contributed by atoms with Crippen LogP contribution in [0.1, 0.15) is 18.1 Å². The number of amides is 2. The summed E-state index contributed by atoms with van der Waals surface area (Å²) in [5.41, 5.74) is 1.92. The zero-order chi connectivity index (χ0) is 31.7. The molecule has 0 heterocycles. The first kappa shape index (κ1) is 33.2. The smallest absolute Gasteiger partial charge is 0.264 e. The van der Waals surface area contributed by atoms with E-state index in [0.29, 0.717) is 12.4 Å². The van der Waals surface area contributed by atoms with E-state index in [1.165, 1.54) is 24.1 Å². The molecule has 0 aliphatic heterocycles. The molecule has 1 N–H and O–H groups in total. The van der Waals surface area contributed by atoms with Crippen LogP contribution in [0.4, 0.5) is 5.69 Å². The van der Waals surface area contributed by atoms with Gasteiger partial charge in [-0.05, 0) is 78.7 Å². The van der Waals surface area contributed by atoms with Crippen LogP contribution in [0.15, 0.2) is 117 Å². The van der Waals surface area contributed by atoms with Crippen LogP contribution in [-0.2, 0) is 32.6 Å². The predicted octanol–water partition coefficient (Wildman–Crippen LogP) is 6.19. The molecule has 0 saturated carbocycles. The lowest BCUT2D eigenvalue weighted by Crippen LogP contribution is -2.53. The molecule has 0 aliphatic rings. The molecule has 1 atom stereocenters. The fourth-order valence-electron chi connectivity index (χ4n) is 4.69.